The first kappa shape index (κ1) is 23.4. The van der Waals surface area contributed by atoms with E-state index >= 15 is 0 Å². The van der Waals surface area contributed by atoms with Crippen LogP contribution in [0, 0.1) is 18.8 Å². The molecule has 0 radical (unpaired) electrons. The van der Waals surface area contributed by atoms with Crippen molar-refractivity contribution in [3.8, 4) is 0 Å². The van der Waals surface area contributed by atoms with Crippen LogP contribution >= 0.6 is 11.6 Å². The van der Waals surface area contributed by atoms with Crippen LogP contribution in [0.15, 0.2) is 36.6 Å². The highest BCUT2D eigenvalue weighted by Gasteiger charge is 2.42. The summed E-state index contributed by atoms with van der Waals surface area (Å²) in [6.45, 7) is 12.4. The normalized spacial score (nSPS) is 22.0. The monoisotopic (exact) mass is 458 g/mol. The van der Waals surface area contributed by atoms with Gasteiger partial charge in [0, 0.05) is 32.7 Å². The number of halogens is 4. The van der Waals surface area contributed by atoms with Crippen molar-refractivity contribution in [1.29, 1.82) is 0 Å². The van der Waals surface area contributed by atoms with Crippen LogP contribution in [0.25, 0.3) is 0 Å². The lowest BCUT2D eigenvalue weighted by atomic mass is 10.0. The number of aromatic nitrogens is 2. The zero-order valence-corrected chi connectivity index (χ0v) is 18.3. The van der Waals surface area contributed by atoms with Gasteiger partial charge in [-0.1, -0.05) is 30.8 Å². The van der Waals surface area contributed by atoms with Gasteiger partial charge in [0.1, 0.15) is 12.3 Å². The molecule has 2 atom stereocenters. The van der Waals surface area contributed by atoms with Gasteiger partial charge in [-0.05, 0) is 30.4 Å². The Morgan fingerprint density at radius 2 is 1.87 bits per heavy atom. The summed E-state index contributed by atoms with van der Waals surface area (Å²) >= 11 is 5.77. The van der Waals surface area contributed by atoms with Crippen molar-refractivity contribution in [1.82, 2.24) is 19.6 Å². The van der Waals surface area contributed by atoms with Crippen LogP contribution < -0.4 is 0 Å². The molecule has 0 aliphatic carbocycles. The van der Waals surface area contributed by atoms with Crippen molar-refractivity contribution in [3.63, 3.8) is 0 Å². The highest BCUT2D eigenvalue weighted by molar-refractivity contribution is 6.32. The molecule has 1 amide bonds. The average molecular weight is 459 g/mol. The summed E-state index contributed by atoms with van der Waals surface area (Å²) in [5.41, 5.74) is -0.0174. The van der Waals surface area contributed by atoms with Crippen molar-refractivity contribution in [2.75, 3.05) is 39.8 Å². The Kier molecular flexibility index (Phi) is 6.85. The summed E-state index contributed by atoms with van der Waals surface area (Å²) in [6, 6.07) is 0. The molecule has 2 unspecified atom stereocenters. The molecule has 0 bridgehead atoms. The number of nitrogens with zero attached hydrogens (tertiary/aromatic N) is 4. The Bertz CT molecular complexity index is 895. The molecule has 2 aliphatic heterocycles. The van der Waals surface area contributed by atoms with E-state index in [0.717, 1.165) is 29.9 Å². The summed E-state index contributed by atoms with van der Waals surface area (Å²) in [6.07, 6.45) is -1.02. The Morgan fingerprint density at radius 3 is 2.35 bits per heavy atom. The number of hydrogen-bond donors (Lipinski definition) is 0. The Labute approximate surface area is 184 Å². The van der Waals surface area contributed by atoms with Crippen LogP contribution in [0.4, 0.5) is 13.2 Å². The highest BCUT2D eigenvalue weighted by atomic mass is 35.5. The molecular weight excluding hydrogens is 433 g/mol. The number of hydrogen-bond acceptors (Lipinski definition) is 4. The fraction of sp³-hybridized carbons (Fsp3) is 0.524. The smallest absolute Gasteiger partial charge is 0.436 e. The number of allylic oxidation sites excluding steroid dienone is 1. The zero-order valence-electron chi connectivity index (χ0n) is 17.6. The third kappa shape index (κ3) is 5.15. The quantitative estimate of drug-likeness (QED) is 0.463. The minimum atomic E-state index is -4.65. The second-order valence-corrected chi connectivity index (χ2v) is 8.39. The topological polar surface area (TPSA) is 50.6 Å². The van der Waals surface area contributed by atoms with Crippen molar-refractivity contribution in [2.24, 2.45) is 11.8 Å². The number of likely N-dealkylation sites (tertiary alicyclic amines) is 2. The molecule has 0 spiro atoms. The zero-order chi connectivity index (χ0) is 22.9. The van der Waals surface area contributed by atoms with Gasteiger partial charge in [0.2, 0.25) is 5.91 Å². The third-order valence-electron chi connectivity index (χ3n) is 5.88. The van der Waals surface area contributed by atoms with Gasteiger partial charge in [-0.25, -0.2) is 0 Å². The molecule has 6 nitrogen and oxygen atoms in total. The second kappa shape index (κ2) is 9.08. The highest BCUT2D eigenvalue weighted by Crippen LogP contribution is 2.36. The van der Waals surface area contributed by atoms with E-state index in [9.17, 15) is 18.0 Å². The number of carbonyl (C=O) groups excluding carboxylic acids is 1. The predicted octanol–water partition coefficient (Wildman–Crippen LogP) is 3.53. The van der Waals surface area contributed by atoms with Gasteiger partial charge in [0.05, 0.1) is 17.8 Å². The predicted molar refractivity (Wildman–Crippen MR) is 111 cm³/mol. The van der Waals surface area contributed by atoms with Gasteiger partial charge >= 0.3 is 6.18 Å². The van der Waals surface area contributed by atoms with E-state index in [1.807, 2.05) is 6.08 Å². The molecular formula is C21H26ClF3N4O2. The van der Waals surface area contributed by atoms with Gasteiger partial charge in [0.15, 0.2) is 5.69 Å². The Morgan fingerprint density at radius 1 is 1.26 bits per heavy atom. The molecule has 2 aliphatic rings. The van der Waals surface area contributed by atoms with Gasteiger partial charge in [-0.15, -0.1) is 0 Å². The van der Waals surface area contributed by atoms with E-state index in [2.05, 4.69) is 23.2 Å². The summed E-state index contributed by atoms with van der Waals surface area (Å²) < 4.78 is 45.1. The van der Waals surface area contributed by atoms with Crippen LogP contribution in [0.1, 0.15) is 11.4 Å². The third-order valence-corrected chi connectivity index (χ3v) is 6.33. The van der Waals surface area contributed by atoms with Crippen LogP contribution in [-0.2, 0) is 22.3 Å². The van der Waals surface area contributed by atoms with Crippen LogP contribution in [0.3, 0.4) is 0 Å². The molecule has 1 aromatic heterocycles. The summed E-state index contributed by atoms with van der Waals surface area (Å²) in [4.78, 5) is 16.7. The SMILES string of the molecule is C=C/C(=C\C(=C)OC)CN1CC2CN(C(=O)Cn3nc(C(F)(F)F)c(Cl)c3C)CC2C1. The minimum absolute atomic E-state index is 0.134. The van der Waals surface area contributed by atoms with E-state index in [4.69, 9.17) is 16.3 Å². The number of carbonyl (C=O) groups is 1. The Hall–Kier alpha value is -2.26. The van der Waals surface area contributed by atoms with Gasteiger partial charge in [-0.3, -0.25) is 14.4 Å². The van der Waals surface area contributed by atoms with E-state index in [1.165, 1.54) is 6.92 Å². The first-order valence-electron chi connectivity index (χ1n) is 9.89. The first-order valence-corrected chi connectivity index (χ1v) is 10.3. The molecule has 2 fully saturated rings. The maximum atomic E-state index is 13.0. The molecule has 1 aromatic rings. The Balaban J connectivity index is 1.58. The second-order valence-electron chi connectivity index (χ2n) is 8.01. The van der Waals surface area contributed by atoms with Gasteiger partial charge in [-0.2, -0.15) is 18.3 Å². The number of methoxy groups -OCH3 is 1. The number of amides is 1. The van der Waals surface area contributed by atoms with Crippen molar-refractivity contribution >= 4 is 17.5 Å². The largest absolute Gasteiger partial charge is 0.497 e. The number of ether oxygens (including phenoxy) is 1. The van der Waals surface area contributed by atoms with Crippen LogP contribution in [0.5, 0.6) is 0 Å². The number of alkyl halides is 3. The summed E-state index contributed by atoms with van der Waals surface area (Å²) in [5, 5.41) is 3.06. The molecule has 10 heteroatoms. The van der Waals surface area contributed by atoms with Gasteiger partial charge in [0.25, 0.3) is 0 Å². The molecule has 0 N–H and O–H groups in total. The van der Waals surface area contributed by atoms with E-state index < -0.39 is 16.9 Å². The minimum Gasteiger partial charge on any atom is -0.497 e. The van der Waals surface area contributed by atoms with Gasteiger partial charge < -0.3 is 9.64 Å². The molecule has 3 heterocycles. The standard InChI is InChI=1S/C21H26ClF3N4O2/c1-5-15(6-13(2)31-4)7-27-8-16-10-28(11-17(16)9-27)18(30)12-29-14(3)19(22)20(26-29)21(23,24)25/h5-6,16-17H,1-2,7-12H2,3-4H3/b15-6+. The first-order chi connectivity index (χ1) is 14.5. The average Bonchev–Trinajstić information content (AvgIpc) is 3.34. The van der Waals surface area contributed by atoms with Crippen LogP contribution in [-0.4, -0.2) is 65.3 Å². The van der Waals surface area contributed by atoms with E-state index in [1.54, 1.807) is 18.1 Å². The lowest BCUT2D eigenvalue weighted by molar-refractivity contribution is -0.142. The van der Waals surface area contributed by atoms with Crippen molar-refractivity contribution in [2.45, 2.75) is 19.6 Å². The van der Waals surface area contributed by atoms with E-state index in [0.29, 0.717) is 30.7 Å². The molecule has 2 saturated heterocycles. The lowest BCUT2D eigenvalue weighted by Crippen LogP contribution is -2.36. The molecule has 3 rings (SSSR count). The van der Waals surface area contributed by atoms with E-state index in [-0.39, 0.29) is 18.1 Å². The summed E-state index contributed by atoms with van der Waals surface area (Å²) in [7, 11) is 1.56. The molecule has 31 heavy (non-hydrogen) atoms. The summed E-state index contributed by atoms with van der Waals surface area (Å²) in [5.74, 6) is 0.969. The van der Waals surface area contributed by atoms with Crippen LogP contribution in [0.2, 0.25) is 5.02 Å². The fourth-order valence-electron chi connectivity index (χ4n) is 4.20. The lowest BCUT2D eigenvalue weighted by Gasteiger charge is -2.22. The maximum absolute atomic E-state index is 13.0. The molecule has 0 aromatic carbocycles. The number of rotatable bonds is 7. The van der Waals surface area contributed by atoms with Crippen molar-refractivity contribution < 1.29 is 22.7 Å². The maximum Gasteiger partial charge on any atom is 0.436 e. The molecule has 170 valence electrons. The fourth-order valence-corrected chi connectivity index (χ4v) is 4.45. The number of fused-ring (bicyclic) bond motifs is 1. The van der Waals surface area contributed by atoms with Crippen molar-refractivity contribution in [3.05, 3.63) is 53.1 Å². The molecule has 0 saturated carbocycles.